The summed E-state index contributed by atoms with van der Waals surface area (Å²) >= 11 is 0. The molecular weight excluding hydrogens is 448 g/mol. The van der Waals surface area contributed by atoms with Gasteiger partial charge in [-0.25, -0.2) is 5.43 Å². The van der Waals surface area contributed by atoms with Gasteiger partial charge in [0.2, 0.25) is 0 Å². The van der Waals surface area contributed by atoms with Crippen molar-refractivity contribution in [2.24, 2.45) is 11.0 Å². The normalized spacial score (nSPS) is 12.9. The average molecular weight is 479 g/mol. The van der Waals surface area contributed by atoms with Crippen LogP contribution in [0.4, 0.5) is 5.69 Å². The van der Waals surface area contributed by atoms with Crippen LogP contribution < -0.4 is 10.3 Å². The summed E-state index contributed by atoms with van der Waals surface area (Å²) in [5, 5.41) is 6.25. The molecule has 0 saturated carbocycles. The lowest BCUT2D eigenvalue weighted by molar-refractivity contribution is 0.0953. The van der Waals surface area contributed by atoms with Gasteiger partial charge in [-0.1, -0.05) is 50.2 Å². The standard InChI is InChI=1S/C30H30N4O2/c1-19(2)17-33-20(3)15-25(21(33)4)16-31-32-29(35)24-13-11-22(12-14-24)18-34-27-10-6-8-23-7-5-9-26(28(23)27)30(34)36/h5-16,19H,17-18H2,1-4H3,(H,32,35). The first-order valence-electron chi connectivity index (χ1n) is 12.3. The fraction of sp³-hybridized carbons (Fsp3) is 0.233. The minimum absolute atomic E-state index is 0.00529. The number of aromatic nitrogens is 1. The van der Waals surface area contributed by atoms with Gasteiger partial charge >= 0.3 is 0 Å². The average Bonchev–Trinajstić information content (AvgIpc) is 3.29. The summed E-state index contributed by atoms with van der Waals surface area (Å²) in [5.41, 5.74) is 9.07. The topological polar surface area (TPSA) is 66.7 Å². The molecule has 6 nitrogen and oxygen atoms in total. The number of amides is 2. The number of hydrogen-bond donors (Lipinski definition) is 1. The molecule has 1 N–H and O–H groups in total. The zero-order chi connectivity index (χ0) is 25.4. The summed E-state index contributed by atoms with van der Waals surface area (Å²) < 4.78 is 2.27. The number of carbonyl (C=O) groups excluding carboxylic acids is 2. The van der Waals surface area contributed by atoms with Gasteiger partial charge in [-0.2, -0.15) is 5.10 Å². The Kier molecular flexibility index (Phi) is 6.18. The molecule has 0 spiro atoms. The summed E-state index contributed by atoms with van der Waals surface area (Å²) in [6, 6.07) is 21.2. The van der Waals surface area contributed by atoms with Crippen molar-refractivity contribution >= 4 is 34.5 Å². The van der Waals surface area contributed by atoms with E-state index in [1.165, 1.54) is 5.69 Å². The van der Waals surface area contributed by atoms with Gasteiger partial charge in [0, 0.05) is 40.0 Å². The Morgan fingerprint density at radius 3 is 2.47 bits per heavy atom. The van der Waals surface area contributed by atoms with E-state index >= 15 is 0 Å². The molecule has 0 bridgehead atoms. The number of hydrazone groups is 1. The highest BCUT2D eigenvalue weighted by Crippen LogP contribution is 2.37. The number of benzene rings is 3. The molecule has 5 rings (SSSR count). The van der Waals surface area contributed by atoms with Gasteiger partial charge in [0.1, 0.15) is 0 Å². The number of anilines is 1. The molecule has 0 fully saturated rings. The van der Waals surface area contributed by atoms with Crippen molar-refractivity contribution in [2.75, 3.05) is 4.90 Å². The fourth-order valence-electron chi connectivity index (χ4n) is 4.91. The molecule has 3 aromatic carbocycles. The highest BCUT2D eigenvalue weighted by molar-refractivity contribution is 6.24. The number of rotatable bonds is 7. The van der Waals surface area contributed by atoms with Crippen LogP contribution in [0.25, 0.3) is 10.8 Å². The van der Waals surface area contributed by atoms with Crippen LogP contribution in [0.3, 0.4) is 0 Å². The van der Waals surface area contributed by atoms with Gasteiger partial charge in [0.05, 0.1) is 18.4 Å². The van der Waals surface area contributed by atoms with Crippen molar-refractivity contribution < 1.29 is 9.59 Å². The number of nitrogens with one attached hydrogen (secondary N) is 1. The van der Waals surface area contributed by atoms with Gasteiger partial charge in [-0.3, -0.25) is 9.59 Å². The third kappa shape index (κ3) is 4.31. The lowest BCUT2D eigenvalue weighted by Gasteiger charge is -2.18. The van der Waals surface area contributed by atoms with Gasteiger partial charge in [-0.05, 0) is 61.0 Å². The molecule has 182 valence electrons. The van der Waals surface area contributed by atoms with Crippen LogP contribution in [0.15, 0.2) is 71.8 Å². The molecule has 0 atom stereocenters. The smallest absolute Gasteiger partial charge is 0.271 e. The second kappa shape index (κ2) is 9.46. The monoisotopic (exact) mass is 478 g/mol. The molecule has 1 aromatic heterocycles. The van der Waals surface area contributed by atoms with Crippen molar-refractivity contribution in [3.8, 4) is 0 Å². The molecule has 6 heteroatoms. The summed E-state index contributed by atoms with van der Waals surface area (Å²) in [5.74, 6) is 0.281. The zero-order valence-corrected chi connectivity index (χ0v) is 21.1. The lowest BCUT2D eigenvalue weighted by Crippen LogP contribution is -2.26. The van der Waals surface area contributed by atoms with Crippen molar-refractivity contribution in [1.29, 1.82) is 0 Å². The summed E-state index contributed by atoms with van der Waals surface area (Å²) in [6.45, 7) is 9.94. The minimum Gasteiger partial charge on any atom is -0.348 e. The summed E-state index contributed by atoms with van der Waals surface area (Å²) in [7, 11) is 0. The number of nitrogens with zero attached hydrogens (tertiary/aromatic N) is 3. The molecule has 2 amide bonds. The van der Waals surface area contributed by atoms with Crippen LogP contribution in [-0.2, 0) is 13.1 Å². The van der Waals surface area contributed by atoms with Crippen LogP contribution in [0.1, 0.15) is 57.1 Å². The molecular formula is C30H30N4O2. The number of hydrogen-bond acceptors (Lipinski definition) is 3. The van der Waals surface area contributed by atoms with E-state index in [1.54, 1.807) is 23.2 Å². The van der Waals surface area contributed by atoms with E-state index in [1.807, 2.05) is 48.5 Å². The Balaban J connectivity index is 1.25. The first-order valence-corrected chi connectivity index (χ1v) is 12.3. The zero-order valence-electron chi connectivity index (χ0n) is 21.1. The quantitative estimate of drug-likeness (QED) is 0.268. The highest BCUT2D eigenvalue weighted by atomic mass is 16.2. The third-order valence-corrected chi connectivity index (χ3v) is 6.74. The van der Waals surface area contributed by atoms with Gasteiger partial charge < -0.3 is 9.47 Å². The van der Waals surface area contributed by atoms with Crippen LogP contribution in [0, 0.1) is 19.8 Å². The van der Waals surface area contributed by atoms with E-state index in [2.05, 4.69) is 48.9 Å². The predicted molar refractivity (Wildman–Crippen MR) is 145 cm³/mol. The fourth-order valence-corrected chi connectivity index (χ4v) is 4.91. The van der Waals surface area contributed by atoms with E-state index in [0.29, 0.717) is 18.0 Å². The molecule has 0 saturated heterocycles. The van der Waals surface area contributed by atoms with E-state index in [0.717, 1.165) is 45.4 Å². The molecule has 2 heterocycles. The Hall–Kier alpha value is -4.19. The van der Waals surface area contributed by atoms with E-state index < -0.39 is 0 Å². The van der Waals surface area contributed by atoms with Crippen LogP contribution >= 0.6 is 0 Å². The molecule has 4 aromatic rings. The first kappa shape index (κ1) is 23.5. The maximum Gasteiger partial charge on any atom is 0.271 e. The maximum absolute atomic E-state index is 13.0. The maximum atomic E-state index is 13.0. The number of aryl methyl sites for hydroxylation is 1. The molecule has 0 unspecified atom stereocenters. The second-order valence-electron chi connectivity index (χ2n) is 9.80. The first-order chi connectivity index (χ1) is 17.3. The summed E-state index contributed by atoms with van der Waals surface area (Å²) in [4.78, 5) is 27.5. The van der Waals surface area contributed by atoms with Gasteiger partial charge in [-0.15, -0.1) is 0 Å². The highest BCUT2D eigenvalue weighted by Gasteiger charge is 2.29. The molecule has 36 heavy (non-hydrogen) atoms. The Morgan fingerprint density at radius 2 is 1.75 bits per heavy atom. The third-order valence-electron chi connectivity index (χ3n) is 6.74. The minimum atomic E-state index is -0.275. The van der Waals surface area contributed by atoms with Crippen molar-refractivity contribution in [2.45, 2.75) is 40.8 Å². The van der Waals surface area contributed by atoms with Crippen LogP contribution in [-0.4, -0.2) is 22.6 Å². The van der Waals surface area contributed by atoms with E-state index in [9.17, 15) is 9.59 Å². The Bertz CT molecular complexity index is 1490. The predicted octanol–water partition coefficient (Wildman–Crippen LogP) is 5.84. The van der Waals surface area contributed by atoms with Crippen molar-refractivity contribution in [3.63, 3.8) is 0 Å². The Labute approximate surface area is 211 Å². The van der Waals surface area contributed by atoms with Gasteiger partial charge in [0.25, 0.3) is 11.8 Å². The lowest BCUT2D eigenvalue weighted by atomic mass is 10.1. The van der Waals surface area contributed by atoms with Gasteiger partial charge in [0.15, 0.2) is 0 Å². The molecule has 1 aliphatic rings. The molecule has 0 radical (unpaired) electrons. The molecule has 1 aliphatic heterocycles. The van der Waals surface area contributed by atoms with Crippen LogP contribution in [0.2, 0.25) is 0 Å². The largest absolute Gasteiger partial charge is 0.348 e. The Morgan fingerprint density at radius 1 is 1.03 bits per heavy atom. The van der Waals surface area contributed by atoms with E-state index in [-0.39, 0.29) is 11.8 Å². The van der Waals surface area contributed by atoms with Crippen molar-refractivity contribution in [3.05, 3.63) is 100 Å². The SMILES string of the molecule is Cc1cc(C=NNC(=O)c2ccc(CN3C(=O)c4cccc5cccc3c45)cc2)c(C)n1CC(C)C. The second-order valence-corrected chi connectivity index (χ2v) is 9.80. The summed E-state index contributed by atoms with van der Waals surface area (Å²) in [6.07, 6.45) is 1.70. The van der Waals surface area contributed by atoms with E-state index in [4.69, 9.17) is 0 Å². The van der Waals surface area contributed by atoms with Crippen LogP contribution in [0.5, 0.6) is 0 Å². The number of carbonyl (C=O) groups is 2. The molecule has 0 aliphatic carbocycles. The van der Waals surface area contributed by atoms with Crippen molar-refractivity contribution in [1.82, 2.24) is 9.99 Å².